The number of hydrogen-bond acceptors (Lipinski definition) is 4. The van der Waals surface area contributed by atoms with Gasteiger partial charge < -0.3 is 9.14 Å². The number of halogens is 1. The zero-order valence-corrected chi connectivity index (χ0v) is 19.1. The van der Waals surface area contributed by atoms with Crippen LogP contribution in [0.25, 0.3) is 5.52 Å². The molecule has 4 rings (SSSR count). The lowest BCUT2D eigenvalue weighted by atomic mass is 10.0. The molecule has 0 saturated carbocycles. The Bertz CT molecular complexity index is 1400. The molecule has 0 radical (unpaired) electrons. The predicted octanol–water partition coefficient (Wildman–Crippen LogP) is 4.76. The van der Waals surface area contributed by atoms with Crippen molar-refractivity contribution >= 4 is 23.4 Å². The van der Waals surface area contributed by atoms with Crippen LogP contribution >= 0.6 is 0 Å². The van der Waals surface area contributed by atoms with Gasteiger partial charge in [0.05, 0.1) is 17.4 Å². The van der Waals surface area contributed by atoms with Gasteiger partial charge in [0.25, 0.3) is 5.91 Å². The minimum absolute atomic E-state index is 0.175. The Morgan fingerprint density at radius 2 is 1.82 bits per heavy atom. The van der Waals surface area contributed by atoms with Crippen LogP contribution in [0.5, 0.6) is 5.75 Å². The molecule has 2 aromatic heterocycles. The number of pyridine rings is 1. The van der Waals surface area contributed by atoms with Gasteiger partial charge in [-0.15, -0.1) is 0 Å². The van der Waals surface area contributed by atoms with Crippen LogP contribution in [0, 0.1) is 26.6 Å². The number of carbonyl (C=O) groups is 2. The van der Waals surface area contributed by atoms with Gasteiger partial charge in [-0.3, -0.25) is 9.59 Å². The maximum Gasteiger partial charge on any atom is 0.277 e. The number of aromatic nitrogens is 1. The third kappa shape index (κ3) is 4.73. The lowest BCUT2D eigenvalue weighted by Crippen LogP contribution is -2.24. The number of hydrogen-bond donors (Lipinski definition) is 1. The Balaban J connectivity index is 1.53. The second-order valence-corrected chi connectivity index (χ2v) is 8.03. The van der Waals surface area contributed by atoms with Gasteiger partial charge in [-0.2, -0.15) is 5.10 Å². The average molecular weight is 458 g/mol. The van der Waals surface area contributed by atoms with Crippen LogP contribution in [-0.4, -0.2) is 28.9 Å². The Morgan fingerprint density at radius 1 is 1.06 bits per heavy atom. The SMILES string of the molecule is Cc1ccc(C)c(OCC(=O)N/N=C/c2c(C)c(C(=O)c3ccc(F)cc3)n3ccccc23)c1. The van der Waals surface area contributed by atoms with Gasteiger partial charge >= 0.3 is 0 Å². The molecule has 2 heterocycles. The molecule has 172 valence electrons. The standard InChI is InChI=1S/C27H24FN3O3/c1-17-7-8-18(2)24(14-17)34-16-25(32)30-29-15-22-19(3)26(31-13-5-4-6-23(22)31)27(33)20-9-11-21(28)12-10-20/h4-15H,16H2,1-3H3,(H,30,32)/b29-15+. The summed E-state index contributed by atoms with van der Waals surface area (Å²) < 4.78 is 20.7. The van der Waals surface area contributed by atoms with Crippen molar-refractivity contribution in [1.82, 2.24) is 9.83 Å². The van der Waals surface area contributed by atoms with E-state index in [4.69, 9.17) is 4.74 Å². The first-order chi connectivity index (χ1) is 16.3. The third-order valence-corrected chi connectivity index (χ3v) is 5.54. The molecule has 0 aliphatic heterocycles. The first-order valence-electron chi connectivity index (χ1n) is 10.8. The molecule has 1 N–H and O–H groups in total. The predicted molar refractivity (Wildman–Crippen MR) is 129 cm³/mol. The van der Waals surface area contributed by atoms with E-state index in [0.717, 1.165) is 16.6 Å². The summed E-state index contributed by atoms with van der Waals surface area (Å²) in [7, 11) is 0. The van der Waals surface area contributed by atoms with E-state index in [1.807, 2.05) is 57.2 Å². The Hall–Kier alpha value is -4.26. The van der Waals surface area contributed by atoms with Gasteiger partial charge in [0.2, 0.25) is 5.78 Å². The van der Waals surface area contributed by atoms with Crippen LogP contribution in [-0.2, 0) is 4.79 Å². The van der Waals surface area contributed by atoms with Crippen molar-refractivity contribution in [2.24, 2.45) is 5.10 Å². The third-order valence-electron chi connectivity index (χ3n) is 5.54. The summed E-state index contributed by atoms with van der Waals surface area (Å²) >= 11 is 0. The van der Waals surface area contributed by atoms with Crippen LogP contribution in [0.4, 0.5) is 4.39 Å². The highest BCUT2D eigenvalue weighted by molar-refractivity contribution is 6.12. The number of nitrogens with one attached hydrogen (secondary N) is 1. The molecule has 4 aromatic rings. The highest BCUT2D eigenvalue weighted by atomic mass is 19.1. The molecule has 7 heteroatoms. The van der Waals surface area contributed by atoms with E-state index in [9.17, 15) is 14.0 Å². The van der Waals surface area contributed by atoms with Gasteiger partial charge in [-0.1, -0.05) is 18.2 Å². The molecular formula is C27H24FN3O3. The number of benzene rings is 2. The van der Waals surface area contributed by atoms with Gasteiger partial charge in [0.15, 0.2) is 6.61 Å². The minimum Gasteiger partial charge on any atom is -0.483 e. The fourth-order valence-electron chi connectivity index (χ4n) is 3.75. The number of nitrogens with zero attached hydrogens (tertiary/aromatic N) is 2. The van der Waals surface area contributed by atoms with Crippen molar-refractivity contribution in [3.8, 4) is 5.75 Å². The first kappa shape index (κ1) is 22.9. The Labute approximate surface area is 196 Å². The molecule has 34 heavy (non-hydrogen) atoms. The van der Waals surface area contributed by atoms with Gasteiger partial charge in [-0.25, -0.2) is 9.82 Å². The van der Waals surface area contributed by atoms with Crippen molar-refractivity contribution in [3.05, 3.63) is 106 Å². The van der Waals surface area contributed by atoms with Crippen molar-refractivity contribution in [1.29, 1.82) is 0 Å². The van der Waals surface area contributed by atoms with Crippen LogP contribution in [0.2, 0.25) is 0 Å². The van der Waals surface area contributed by atoms with E-state index in [2.05, 4.69) is 10.5 Å². The lowest BCUT2D eigenvalue weighted by molar-refractivity contribution is -0.123. The number of amides is 1. The van der Waals surface area contributed by atoms with Crippen LogP contribution in [0.1, 0.15) is 38.3 Å². The summed E-state index contributed by atoms with van der Waals surface area (Å²) in [5.41, 5.74) is 7.45. The smallest absolute Gasteiger partial charge is 0.277 e. The molecule has 1 amide bonds. The molecule has 0 aliphatic carbocycles. The fourth-order valence-corrected chi connectivity index (χ4v) is 3.75. The molecule has 2 aromatic carbocycles. The van der Waals surface area contributed by atoms with Crippen LogP contribution in [0.3, 0.4) is 0 Å². The number of carbonyl (C=O) groups excluding carboxylic acids is 2. The highest BCUT2D eigenvalue weighted by Gasteiger charge is 2.21. The number of ketones is 1. The molecule has 0 bridgehead atoms. The molecule has 0 atom stereocenters. The molecule has 6 nitrogen and oxygen atoms in total. The topological polar surface area (TPSA) is 72.2 Å². The minimum atomic E-state index is -0.404. The second kappa shape index (κ2) is 9.70. The number of aryl methyl sites for hydroxylation is 2. The van der Waals surface area contributed by atoms with E-state index in [1.54, 1.807) is 10.6 Å². The zero-order valence-electron chi connectivity index (χ0n) is 19.1. The van der Waals surface area contributed by atoms with Gasteiger partial charge in [0, 0.05) is 17.3 Å². The van der Waals surface area contributed by atoms with E-state index >= 15 is 0 Å². The highest BCUT2D eigenvalue weighted by Crippen LogP contribution is 2.24. The maximum absolute atomic E-state index is 13.3. The molecule has 0 unspecified atom stereocenters. The quantitative estimate of drug-likeness (QED) is 0.247. The summed E-state index contributed by atoms with van der Waals surface area (Å²) in [4.78, 5) is 25.4. The number of fused-ring (bicyclic) bond motifs is 1. The van der Waals surface area contributed by atoms with Gasteiger partial charge in [-0.05, 0) is 79.9 Å². The van der Waals surface area contributed by atoms with Crippen LogP contribution in [0.15, 0.2) is 72.0 Å². The molecular weight excluding hydrogens is 433 g/mol. The Morgan fingerprint density at radius 3 is 2.59 bits per heavy atom. The fraction of sp³-hybridized carbons (Fsp3) is 0.148. The van der Waals surface area contributed by atoms with Crippen LogP contribution < -0.4 is 10.2 Å². The molecule has 0 saturated heterocycles. The van der Waals surface area contributed by atoms with Crippen molar-refractivity contribution < 1.29 is 18.7 Å². The summed E-state index contributed by atoms with van der Waals surface area (Å²) in [5, 5.41) is 4.08. The number of rotatable bonds is 7. The van der Waals surface area contributed by atoms with E-state index in [0.29, 0.717) is 28.1 Å². The van der Waals surface area contributed by atoms with Crippen molar-refractivity contribution in [2.45, 2.75) is 20.8 Å². The average Bonchev–Trinajstić information content (AvgIpc) is 3.11. The molecule has 0 fully saturated rings. The Kier molecular flexibility index (Phi) is 6.54. The first-order valence-corrected chi connectivity index (χ1v) is 10.8. The second-order valence-electron chi connectivity index (χ2n) is 8.03. The lowest BCUT2D eigenvalue weighted by Gasteiger charge is -2.08. The summed E-state index contributed by atoms with van der Waals surface area (Å²) in [6.45, 7) is 5.51. The monoisotopic (exact) mass is 457 g/mol. The van der Waals surface area contributed by atoms with E-state index in [-0.39, 0.29) is 12.4 Å². The number of ether oxygens (including phenoxy) is 1. The summed E-state index contributed by atoms with van der Waals surface area (Å²) in [6, 6.07) is 16.8. The molecule has 0 spiro atoms. The normalized spacial score (nSPS) is 11.2. The summed E-state index contributed by atoms with van der Waals surface area (Å²) in [5.74, 6) is -0.388. The van der Waals surface area contributed by atoms with Crippen molar-refractivity contribution in [2.75, 3.05) is 6.61 Å². The van der Waals surface area contributed by atoms with Crippen molar-refractivity contribution in [3.63, 3.8) is 0 Å². The van der Waals surface area contributed by atoms with Gasteiger partial charge in [0.1, 0.15) is 11.6 Å². The summed E-state index contributed by atoms with van der Waals surface area (Å²) in [6.07, 6.45) is 3.30. The maximum atomic E-state index is 13.3. The zero-order chi connectivity index (χ0) is 24.2. The van der Waals surface area contributed by atoms with E-state index in [1.165, 1.54) is 30.5 Å². The largest absolute Gasteiger partial charge is 0.483 e. The van der Waals surface area contributed by atoms with E-state index < -0.39 is 11.7 Å². The number of hydrazone groups is 1. The molecule has 0 aliphatic rings.